The fourth-order valence-electron chi connectivity index (χ4n) is 0.928. The average Bonchev–Trinajstić information content (AvgIpc) is 2.13. The third-order valence-electron chi connectivity index (χ3n) is 1.35. The maximum absolute atomic E-state index is 4.92. The van der Waals surface area contributed by atoms with E-state index in [0.717, 1.165) is 11.4 Å². The molecule has 0 spiro atoms. The number of methoxy groups -OCH3 is 1. The zero-order valence-electron chi connectivity index (χ0n) is 6.59. The normalized spacial score (nSPS) is 10.3. The minimum absolute atomic E-state index is 0.541. The van der Waals surface area contributed by atoms with Crippen LogP contribution in [0.15, 0.2) is 6.07 Å². The van der Waals surface area contributed by atoms with E-state index >= 15 is 0 Å². The van der Waals surface area contributed by atoms with Crippen molar-refractivity contribution in [1.29, 1.82) is 0 Å². The van der Waals surface area contributed by atoms with Crippen molar-refractivity contribution >= 4 is 0 Å². The monoisotopic (exact) mass is 140 g/mol. The first kappa shape index (κ1) is 7.28. The number of rotatable bonds is 2. The first-order valence-electron chi connectivity index (χ1n) is 3.24. The highest BCUT2D eigenvalue weighted by Gasteiger charge is 1.97. The summed E-state index contributed by atoms with van der Waals surface area (Å²) < 4.78 is 6.75. The Kier molecular flexibility index (Phi) is 2.06. The third-order valence-corrected chi connectivity index (χ3v) is 1.35. The Balaban J connectivity index is 2.81. The van der Waals surface area contributed by atoms with E-state index in [0.29, 0.717) is 6.73 Å². The smallest absolute Gasteiger partial charge is 0.139 e. The van der Waals surface area contributed by atoms with Crippen molar-refractivity contribution in [2.24, 2.45) is 0 Å². The molecule has 0 aliphatic carbocycles. The molecule has 3 nitrogen and oxygen atoms in total. The Morgan fingerprint density at radius 2 is 2.30 bits per heavy atom. The van der Waals surface area contributed by atoms with Crippen molar-refractivity contribution in [3.63, 3.8) is 0 Å². The summed E-state index contributed by atoms with van der Waals surface area (Å²) in [5.74, 6) is 0. The molecular weight excluding hydrogens is 128 g/mol. The standard InChI is InChI=1S/C7H12N2O/c1-6-4-7(2)9(8-6)5-10-3/h4H,5H2,1-3H3. The van der Waals surface area contributed by atoms with Crippen LogP contribution < -0.4 is 0 Å². The lowest BCUT2D eigenvalue weighted by atomic mass is 10.4. The van der Waals surface area contributed by atoms with Gasteiger partial charge in [0.15, 0.2) is 0 Å². The molecule has 0 aromatic carbocycles. The van der Waals surface area contributed by atoms with Crippen LogP contribution in [0.2, 0.25) is 0 Å². The predicted molar refractivity (Wildman–Crippen MR) is 38.7 cm³/mol. The summed E-state index contributed by atoms with van der Waals surface area (Å²) in [7, 11) is 1.66. The van der Waals surface area contributed by atoms with Crippen LogP contribution in [0.5, 0.6) is 0 Å². The number of aryl methyl sites for hydroxylation is 2. The molecule has 0 saturated heterocycles. The van der Waals surface area contributed by atoms with E-state index in [-0.39, 0.29) is 0 Å². The van der Waals surface area contributed by atoms with Gasteiger partial charge in [-0.25, -0.2) is 4.68 Å². The van der Waals surface area contributed by atoms with Crippen LogP contribution >= 0.6 is 0 Å². The van der Waals surface area contributed by atoms with Crippen LogP contribution in [-0.2, 0) is 11.5 Å². The molecule has 0 saturated carbocycles. The van der Waals surface area contributed by atoms with Crippen LogP contribution in [-0.4, -0.2) is 16.9 Å². The first-order valence-corrected chi connectivity index (χ1v) is 3.24. The summed E-state index contributed by atoms with van der Waals surface area (Å²) in [6.45, 7) is 4.53. The summed E-state index contributed by atoms with van der Waals surface area (Å²) in [6, 6.07) is 2.03. The molecule has 1 aromatic heterocycles. The highest BCUT2D eigenvalue weighted by atomic mass is 16.5. The van der Waals surface area contributed by atoms with E-state index in [4.69, 9.17) is 4.74 Å². The van der Waals surface area contributed by atoms with E-state index in [1.54, 1.807) is 7.11 Å². The summed E-state index contributed by atoms with van der Waals surface area (Å²) >= 11 is 0. The van der Waals surface area contributed by atoms with Crippen molar-refractivity contribution in [2.45, 2.75) is 20.6 Å². The molecule has 0 fully saturated rings. The summed E-state index contributed by atoms with van der Waals surface area (Å²) in [4.78, 5) is 0. The number of nitrogens with zero attached hydrogens (tertiary/aromatic N) is 2. The number of hydrogen-bond donors (Lipinski definition) is 0. The van der Waals surface area contributed by atoms with E-state index in [1.165, 1.54) is 0 Å². The van der Waals surface area contributed by atoms with Crippen molar-refractivity contribution in [3.8, 4) is 0 Å². The molecule has 1 rings (SSSR count). The molecule has 0 bridgehead atoms. The van der Waals surface area contributed by atoms with Crippen LogP contribution in [0.25, 0.3) is 0 Å². The van der Waals surface area contributed by atoms with E-state index in [9.17, 15) is 0 Å². The minimum Gasteiger partial charge on any atom is -0.362 e. The quantitative estimate of drug-likeness (QED) is 0.615. The van der Waals surface area contributed by atoms with Crippen LogP contribution in [0.4, 0.5) is 0 Å². The first-order chi connectivity index (χ1) is 4.74. The van der Waals surface area contributed by atoms with Crippen LogP contribution in [0.3, 0.4) is 0 Å². The number of aromatic nitrogens is 2. The van der Waals surface area contributed by atoms with Gasteiger partial charge in [0.2, 0.25) is 0 Å². The zero-order valence-corrected chi connectivity index (χ0v) is 6.59. The predicted octanol–water partition coefficient (Wildman–Crippen LogP) is 1.10. The van der Waals surface area contributed by atoms with Gasteiger partial charge in [-0.15, -0.1) is 0 Å². The molecule has 0 amide bonds. The fourth-order valence-corrected chi connectivity index (χ4v) is 0.928. The molecule has 0 unspecified atom stereocenters. The van der Waals surface area contributed by atoms with Crippen LogP contribution in [0, 0.1) is 13.8 Å². The Bertz CT molecular complexity index is 217. The lowest BCUT2D eigenvalue weighted by molar-refractivity contribution is 0.118. The van der Waals surface area contributed by atoms with Crippen molar-refractivity contribution in [2.75, 3.05) is 7.11 Å². The van der Waals surface area contributed by atoms with Crippen molar-refractivity contribution in [3.05, 3.63) is 17.5 Å². The van der Waals surface area contributed by atoms with Gasteiger partial charge < -0.3 is 4.74 Å². The minimum atomic E-state index is 0.541. The molecule has 1 aromatic rings. The molecule has 3 heteroatoms. The maximum atomic E-state index is 4.92. The molecular formula is C7H12N2O. The summed E-state index contributed by atoms with van der Waals surface area (Å²) in [5, 5.41) is 4.19. The van der Waals surface area contributed by atoms with Gasteiger partial charge in [-0.3, -0.25) is 0 Å². The molecule has 0 atom stereocenters. The second kappa shape index (κ2) is 2.84. The summed E-state index contributed by atoms with van der Waals surface area (Å²) in [5.41, 5.74) is 2.17. The van der Waals surface area contributed by atoms with E-state index in [1.807, 2.05) is 24.6 Å². The molecule has 0 radical (unpaired) electrons. The molecule has 0 N–H and O–H groups in total. The van der Waals surface area contributed by atoms with Crippen molar-refractivity contribution < 1.29 is 4.74 Å². The molecule has 10 heavy (non-hydrogen) atoms. The van der Waals surface area contributed by atoms with Gasteiger partial charge in [0.25, 0.3) is 0 Å². The Morgan fingerprint density at radius 3 is 2.70 bits per heavy atom. The topological polar surface area (TPSA) is 27.1 Å². The molecule has 0 aliphatic heterocycles. The second-order valence-corrected chi connectivity index (χ2v) is 2.34. The Morgan fingerprint density at radius 1 is 1.60 bits per heavy atom. The lowest BCUT2D eigenvalue weighted by Gasteiger charge is -1.99. The lowest BCUT2D eigenvalue weighted by Crippen LogP contribution is -2.03. The highest BCUT2D eigenvalue weighted by Crippen LogP contribution is 2.00. The third kappa shape index (κ3) is 1.36. The van der Waals surface area contributed by atoms with Crippen LogP contribution in [0.1, 0.15) is 11.4 Å². The van der Waals surface area contributed by atoms with Gasteiger partial charge >= 0.3 is 0 Å². The van der Waals surface area contributed by atoms with Gasteiger partial charge in [0.05, 0.1) is 5.69 Å². The van der Waals surface area contributed by atoms with Crippen molar-refractivity contribution in [1.82, 2.24) is 9.78 Å². The molecule has 1 heterocycles. The highest BCUT2D eigenvalue weighted by molar-refractivity contribution is 5.05. The Hall–Kier alpha value is -0.830. The van der Waals surface area contributed by atoms with Gasteiger partial charge in [-0.1, -0.05) is 0 Å². The van der Waals surface area contributed by atoms with E-state index < -0.39 is 0 Å². The van der Waals surface area contributed by atoms with Gasteiger partial charge in [-0.2, -0.15) is 5.10 Å². The molecule has 56 valence electrons. The average molecular weight is 140 g/mol. The van der Waals surface area contributed by atoms with E-state index in [2.05, 4.69) is 5.10 Å². The number of ether oxygens (including phenoxy) is 1. The van der Waals surface area contributed by atoms with Gasteiger partial charge in [-0.05, 0) is 19.9 Å². The zero-order chi connectivity index (χ0) is 7.56. The number of hydrogen-bond acceptors (Lipinski definition) is 2. The second-order valence-electron chi connectivity index (χ2n) is 2.34. The SMILES string of the molecule is COCn1nc(C)cc1C. The molecule has 0 aliphatic rings. The largest absolute Gasteiger partial charge is 0.362 e. The van der Waals surface area contributed by atoms with Gasteiger partial charge in [0, 0.05) is 12.8 Å². The summed E-state index contributed by atoms with van der Waals surface area (Å²) in [6.07, 6.45) is 0. The van der Waals surface area contributed by atoms with Gasteiger partial charge in [0.1, 0.15) is 6.73 Å². The maximum Gasteiger partial charge on any atom is 0.139 e. The fraction of sp³-hybridized carbons (Fsp3) is 0.571. The Labute approximate surface area is 60.6 Å².